The van der Waals surface area contributed by atoms with Crippen LogP contribution < -0.4 is 5.56 Å². The highest BCUT2D eigenvalue weighted by atomic mass is 32.2. The molecule has 5 rings (SSSR count). The summed E-state index contributed by atoms with van der Waals surface area (Å²) in [5.74, 6) is 1.55. The molecule has 5 aromatic rings. The van der Waals surface area contributed by atoms with E-state index in [-0.39, 0.29) is 5.56 Å². The minimum absolute atomic E-state index is 0.0172. The van der Waals surface area contributed by atoms with Gasteiger partial charge in [0.1, 0.15) is 0 Å². The molecule has 2 aromatic heterocycles. The third-order valence-electron chi connectivity index (χ3n) is 5.55. The number of hydrogen-bond donors (Lipinski definition) is 0. The summed E-state index contributed by atoms with van der Waals surface area (Å²) in [6, 6.07) is 27.8. The molecule has 0 radical (unpaired) electrons. The Kier molecular flexibility index (Phi) is 6.81. The maximum atomic E-state index is 13.3. The molecular weight excluding hydrogens is 444 g/mol. The molecule has 0 fully saturated rings. The van der Waals surface area contributed by atoms with Gasteiger partial charge >= 0.3 is 0 Å². The molecule has 34 heavy (non-hydrogen) atoms. The van der Waals surface area contributed by atoms with Crippen molar-refractivity contribution < 1.29 is 4.42 Å². The summed E-state index contributed by atoms with van der Waals surface area (Å²) in [4.78, 5) is 18.1. The van der Waals surface area contributed by atoms with Crippen molar-refractivity contribution in [2.45, 2.75) is 36.7 Å². The fourth-order valence-corrected chi connectivity index (χ4v) is 4.72. The van der Waals surface area contributed by atoms with E-state index in [1.807, 2.05) is 72.8 Å². The molecule has 0 aliphatic carbocycles. The average molecular weight is 469 g/mol. The van der Waals surface area contributed by atoms with E-state index in [1.165, 1.54) is 17.3 Å². The first-order chi connectivity index (χ1) is 16.8. The number of benzene rings is 3. The van der Waals surface area contributed by atoms with Gasteiger partial charge in [-0.15, -0.1) is 10.2 Å². The Morgan fingerprint density at radius 3 is 2.26 bits per heavy atom. The number of para-hydroxylation sites is 1. The van der Waals surface area contributed by atoms with Gasteiger partial charge in [-0.2, -0.15) is 0 Å². The number of thioether (sulfide) groups is 1. The quantitative estimate of drug-likeness (QED) is 0.216. The highest BCUT2D eigenvalue weighted by Gasteiger charge is 2.14. The number of nitrogens with zero attached hydrogens (tertiary/aromatic N) is 4. The van der Waals surface area contributed by atoms with Gasteiger partial charge < -0.3 is 4.42 Å². The van der Waals surface area contributed by atoms with Gasteiger partial charge in [0.15, 0.2) is 5.16 Å². The van der Waals surface area contributed by atoms with Crippen LogP contribution in [0, 0.1) is 0 Å². The Hall–Kier alpha value is -3.71. The second-order valence-electron chi connectivity index (χ2n) is 8.00. The molecule has 0 bridgehead atoms. The fourth-order valence-electron chi connectivity index (χ4n) is 3.86. The Bertz CT molecular complexity index is 1430. The van der Waals surface area contributed by atoms with E-state index >= 15 is 0 Å². The van der Waals surface area contributed by atoms with Crippen LogP contribution in [-0.2, 0) is 25.1 Å². The zero-order chi connectivity index (χ0) is 23.2. The zero-order valence-electron chi connectivity index (χ0n) is 18.6. The molecule has 0 aliphatic rings. The van der Waals surface area contributed by atoms with Crippen LogP contribution in [0.2, 0.25) is 0 Å². The lowest BCUT2D eigenvalue weighted by atomic mass is 10.1. The third-order valence-corrected chi connectivity index (χ3v) is 6.51. The molecule has 0 saturated heterocycles. The molecule has 0 spiro atoms. The highest BCUT2D eigenvalue weighted by molar-refractivity contribution is 7.98. The van der Waals surface area contributed by atoms with Gasteiger partial charge in [-0.1, -0.05) is 84.6 Å². The minimum atomic E-state index is -0.0172. The largest absolute Gasteiger partial charge is 0.424 e. The molecule has 7 heteroatoms. The summed E-state index contributed by atoms with van der Waals surface area (Å²) >= 11 is 1.45. The van der Waals surface area contributed by atoms with Gasteiger partial charge in [-0.05, 0) is 36.1 Å². The summed E-state index contributed by atoms with van der Waals surface area (Å²) in [6.07, 6.45) is 2.34. The van der Waals surface area contributed by atoms with Crippen molar-refractivity contribution in [3.8, 4) is 0 Å². The van der Waals surface area contributed by atoms with Crippen LogP contribution in [0.5, 0.6) is 0 Å². The monoisotopic (exact) mass is 468 g/mol. The molecular formula is C27H24N4O2S. The van der Waals surface area contributed by atoms with Gasteiger partial charge in [-0.3, -0.25) is 9.36 Å². The Labute approximate surface area is 201 Å². The van der Waals surface area contributed by atoms with E-state index < -0.39 is 0 Å². The number of hydrogen-bond acceptors (Lipinski definition) is 6. The van der Waals surface area contributed by atoms with E-state index in [0.29, 0.717) is 46.6 Å². The van der Waals surface area contributed by atoms with Crippen LogP contribution in [0.4, 0.5) is 0 Å². The predicted octanol–water partition coefficient (Wildman–Crippen LogP) is 5.30. The minimum Gasteiger partial charge on any atom is -0.424 e. The SMILES string of the molecule is O=c1c2ccccc2nc(SCc2nnc(Cc3ccccc3)o2)n1CCCc1ccccc1. The lowest BCUT2D eigenvalue weighted by Gasteiger charge is -2.12. The molecule has 2 heterocycles. The predicted molar refractivity (Wildman–Crippen MR) is 134 cm³/mol. The first kappa shape index (κ1) is 22.1. The molecule has 0 aliphatic heterocycles. The Morgan fingerprint density at radius 1 is 0.794 bits per heavy atom. The van der Waals surface area contributed by atoms with Gasteiger partial charge in [-0.25, -0.2) is 4.98 Å². The lowest BCUT2D eigenvalue weighted by Crippen LogP contribution is -2.23. The van der Waals surface area contributed by atoms with Crippen molar-refractivity contribution in [2.24, 2.45) is 0 Å². The molecule has 170 valence electrons. The number of rotatable bonds is 9. The molecule has 6 nitrogen and oxygen atoms in total. The van der Waals surface area contributed by atoms with E-state index in [4.69, 9.17) is 9.40 Å². The smallest absolute Gasteiger partial charge is 0.262 e. The standard InChI is InChI=1S/C27H24N4O2S/c32-26-22-15-7-8-16-23(22)28-27(31(26)17-9-14-20-10-3-1-4-11-20)34-19-25-30-29-24(33-25)18-21-12-5-2-6-13-21/h1-8,10-13,15-16H,9,14,17-19H2. The topological polar surface area (TPSA) is 73.8 Å². The van der Waals surface area contributed by atoms with Crippen molar-refractivity contribution in [3.63, 3.8) is 0 Å². The van der Waals surface area contributed by atoms with E-state index in [9.17, 15) is 4.79 Å². The molecule has 3 aromatic carbocycles. The van der Waals surface area contributed by atoms with Crippen LogP contribution >= 0.6 is 11.8 Å². The first-order valence-electron chi connectivity index (χ1n) is 11.3. The fraction of sp³-hybridized carbons (Fsp3) is 0.185. The van der Waals surface area contributed by atoms with Crippen LogP contribution in [0.3, 0.4) is 0 Å². The third kappa shape index (κ3) is 5.26. The average Bonchev–Trinajstić information content (AvgIpc) is 3.33. The molecule has 0 amide bonds. The molecule has 0 atom stereocenters. The first-order valence-corrected chi connectivity index (χ1v) is 12.3. The summed E-state index contributed by atoms with van der Waals surface area (Å²) in [7, 11) is 0. The van der Waals surface area contributed by atoms with Crippen molar-refractivity contribution in [1.29, 1.82) is 0 Å². The van der Waals surface area contributed by atoms with E-state index in [1.54, 1.807) is 4.57 Å². The van der Waals surface area contributed by atoms with Crippen LogP contribution in [0.25, 0.3) is 10.9 Å². The Morgan fingerprint density at radius 2 is 1.47 bits per heavy atom. The normalized spacial score (nSPS) is 11.2. The molecule has 0 N–H and O–H groups in total. The maximum Gasteiger partial charge on any atom is 0.262 e. The highest BCUT2D eigenvalue weighted by Crippen LogP contribution is 2.22. The zero-order valence-corrected chi connectivity index (χ0v) is 19.4. The van der Waals surface area contributed by atoms with Gasteiger partial charge in [0.05, 0.1) is 23.1 Å². The summed E-state index contributed by atoms with van der Waals surface area (Å²) in [5.41, 5.74) is 3.06. The summed E-state index contributed by atoms with van der Waals surface area (Å²) in [6.45, 7) is 0.594. The van der Waals surface area contributed by atoms with Crippen LogP contribution in [0.15, 0.2) is 99.3 Å². The van der Waals surface area contributed by atoms with E-state index in [0.717, 1.165) is 18.4 Å². The summed E-state index contributed by atoms with van der Waals surface area (Å²) < 4.78 is 7.62. The number of fused-ring (bicyclic) bond motifs is 1. The van der Waals surface area contributed by atoms with Gasteiger partial charge in [0, 0.05) is 6.54 Å². The molecule has 0 unspecified atom stereocenters. The number of aromatic nitrogens is 4. The van der Waals surface area contributed by atoms with Crippen molar-refractivity contribution >= 4 is 22.7 Å². The Balaban J connectivity index is 1.33. The van der Waals surface area contributed by atoms with Gasteiger partial charge in [0.25, 0.3) is 5.56 Å². The van der Waals surface area contributed by atoms with Gasteiger partial charge in [0.2, 0.25) is 11.8 Å². The van der Waals surface area contributed by atoms with E-state index in [2.05, 4.69) is 22.3 Å². The maximum absolute atomic E-state index is 13.3. The number of aryl methyl sites for hydroxylation is 1. The lowest BCUT2D eigenvalue weighted by molar-refractivity contribution is 0.473. The second kappa shape index (κ2) is 10.5. The van der Waals surface area contributed by atoms with Crippen molar-refractivity contribution in [3.05, 3.63) is 118 Å². The second-order valence-corrected chi connectivity index (χ2v) is 8.94. The van der Waals surface area contributed by atoms with Crippen LogP contribution in [-0.4, -0.2) is 19.7 Å². The summed E-state index contributed by atoms with van der Waals surface area (Å²) in [5, 5.41) is 9.67. The molecule has 0 saturated carbocycles. The van der Waals surface area contributed by atoms with Crippen molar-refractivity contribution in [2.75, 3.05) is 0 Å². The van der Waals surface area contributed by atoms with Crippen LogP contribution in [0.1, 0.15) is 29.3 Å². The van der Waals surface area contributed by atoms with Crippen molar-refractivity contribution in [1.82, 2.24) is 19.7 Å².